The first-order valence-electron chi connectivity index (χ1n) is 9.09. The molecule has 0 aromatic heterocycles. The maximum atomic E-state index is 14.8. The molecule has 3 atom stereocenters. The average molecular weight is 376 g/mol. The van der Waals surface area contributed by atoms with E-state index < -0.39 is 35.4 Å². The van der Waals surface area contributed by atoms with Gasteiger partial charge in [0.05, 0.1) is 11.3 Å². The predicted octanol–water partition coefficient (Wildman–Crippen LogP) is 0.276. The van der Waals surface area contributed by atoms with Crippen LogP contribution in [0.4, 0.5) is 14.5 Å². The highest BCUT2D eigenvalue weighted by atomic mass is 19.2. The van der Waals surface area contributed by atoms with E-state index in [0.29, 0.717) is 18.7 Å². The standard InChI is InChI=1S/C18H18F2N4O3/c19-15-12(23-6-9-4-10(7-23)21-9)3-8-5-24(18(27)14(8)16(15)20)11-1-2-13(25)22-17(11)26/h3,9-11,21H,1-2,4-7H2,(H,22,25,26). The molecule has 3 unspecified atom stereocenters. The Morgan fingerprint density at radius 3 is 2.44 bits per heavy atom. The lowest BCUT2D eigenvalue weighted by Crippen LogP contribution is -2.67. The largest absolute Gasteiger partial charge is 0.366 e. The highest BCUT2D eigenvalue weighted by Crippen LogP contribution is 2.36. The number of carbonyl (C=O) groups is 3. The van der Waals surface area contributed by atoms with E-state index in [1.165, 1.54) is 11.0 Å². The van der Waals surface area contributed by atoms with E-state index in [1.807, 2.05) is 4.90 Å². The second-order valence-corrected chi connectivity index (χ2v) is 7.66. The molecular formula is C18H18F2N4O3. The number of nitrogens with zero attached hydrogens (tertiary/aromatic N) is 2. The first kappa shape index (κ1) is 16.6. The van der Waals surface area contributed by atoms with Crippen LogP contribution in [0.25, 0.3) is 0 Å². The van der Waals surface area contributed by atoms with E-state index in [9.17, 15) is 23.2 Å². The predicted molar refractivity (Wildman–Crippen MR) is 89.9 cm³/mol. The molecule has 7 nitrogen and oxygen atoms in total. The van der Waals surface area contributed by atoms with Gasteiger partial charge in [-0.05, 0) is 24.5 Å². The first-order chi connectivity index (χ1) is 12.9. The third kappa shape index (κ3) is 2.44. The van der Waals surface area contributed by atoms with Gasteiger partial charge in [0.15, 0.2) is 11.6 Å². The van der Waals surface area contributed by atoms with Crippen LogP contribution in [0.2, 0.25) is 0 Å². The van der Waals surface area contributed by atoms with Gasteiger partial charge >= 0.3 is 0 Å². The molecular weight excluding hydrogens is 358 g/mol. The number of piperazine rings is 1. The Morgan fingerprint density at radius 2 is 1.78 bits per heavy atom. The minimum absolute atomic E-state index is 0.0313. The van der Waals surface area contributed by atoms with Gasteiger partial charge in [-0.25, -0.2) is 8.78 Å². The molecule has 4 saturated heterocycles. The molecule has 0 aliphatic carbocycles. The lowest BCUT2D eigenvalue weighted by atomic mass is 9.90. The van der Waals surface area contributed by atoms with Crippen molar-refractivity contribution >= 4 is 23.4 Å². The van der Waals surface area contributed by atoms with Crippen molar-refractivity contribution in [3.05, 3.63) is 28.8 Å². The third-order valence-corrected chi connectivity index (χ3v) is 5.93. The van der Waals surface area contributed by atoms with E-state index in [-0.39, 0.29) is 42.7 Å². The summed E-state index contributed by atoms with van der Waals surface area (Å²) in [6.45, 7) is 1.22. The summed E-state index contributed by atoms with van der Waals surface area (Å²) in [5, 5.41) is 5.54. The molecule has 27 heavy (non-hydrogen) atoms. The minimum Gasteiger partial charge on any atom is -0.366 e. The first-order valence-corrected chi connectivity index (χ1v) is 9.09. The fourth-order valence-corrected chi connectivity index (χ4v) is 4.59. The average Bonchev–Trinajstić information content (AvgIpc) is 2.94. The van der Waals surface area contributed by atoms with Crippen LogP contribution in [0.15, 0.2) is 6.07 Å². The van der Waals surface area contributed by atoms with E-state index in [4.69, 9.17) is 0 Å². The number of rotatable bonds is 2. The zero-order chi connectivity index (χ0) is 18.9. The summed E-state index contributed by atoms with van der Waals surface area (Å²) in [7, 11) is 0. The third-order valence-electron chi connectivity index (χ3n) is 5.93. The topological polar surface area (TPSA) is 81.8 Å². The molecule has 2 bridgehead atoms. The van der Waals surface area contributed by atoms with Crippen molar-refractivity contribution in [3.8, 4) is 0 Å². The van der Waals surface area contributed by atoms with Gasteiger partial charge in [0.25, 0.3) is 5.91 Å². The monoisotopic (exact) mass is 376 g/mol. The molecule has 4 fully saturated rings. The van der Waals surface area contributed by atoms with Crippen molar-refractivity contribution in [3.63, 3.8) is 0 Å². The Balaban J connectivity index is 1.46. The summed E-state index contributed by atoms with van der Waals surface area (Å²) in [5.41, 5.74) is 0.243. The highest BCUT2D eigenvalue weighted by molar-refractivity contribution is 6.05. The number of benzene rings is 1. The Kier molecular flexibility index (Phi) is 3.52. The van der Waals surface area contributed by atoms with E-state index >= 15 is 0 Å². The van der Waals surface area contributed by atoms with Crippen LogP contribution in [0.3, 0.4) is 0 Å². The molecule has 5 aliphatic rings. The summed E-state index contributed by atoms with van der Waals surface area (Å²) in [6.07, 6.45) is 1.33. The van der Waals surface area contributed by atoms with Crippen molar-refractivity contribution in [2.24, 2.45) is 0 Å². The summed E-state index contributed by atoms with van der Waals surface area (Å²) in [6, 6.07) is 1.24. The van der Waals surface area contributed by atoms with Gasteiger partial charge in [0, 0.05) is 38.1 Å². The van der Waals surface area contributed by atoms with Crippen LogP contribution in [-0.2, 0) is 16.1 Å². The molecule has 2 N–H and O–H groups in total. The number of fused-ring (bicyclic) bond motifs is 3. The highest BCUT2D eigenvalue weighted by Gasteiger charge is 2.43. The zero-order valence-electron chi connectivity index (χ0n) is 14.4. The summed E-state index contributed by atoms with van der Waals surface area (Å²) in [5.74, 6) is -3.85. The molecule has 0 spiro atoms. The number of anilines is 1. The van der Waals surface area contributed by atoms with Crippen molar-refractivity contribution in [1.29, 1.82) is 0 Å². The zero-order valence-corrected chi connectivity index (χ0v) is 14.4. The molecule has 5 aliphatic heterocycles. The number of amides is 3. The molecule has 0 saturated carbocycles. The van der Waals surface area contributed by atoms with E-state index in [0.717, 1.165) is 6.42 Å². The number of hydrogen-bond acceptors (Lipinski definition) is 5. The number of piperidine rings is 2. The Bertz CT molecular complexity index is 874. The maximum Gasteiger partial charge on any atom is 0.258 e. The van der Waals surface area contributed by atoms with Gasteiger partial charge in [-0.2, -0.15) is 0 Å². The van der Waals surface area contributed by atoms with Crippen LogP contribution in [-0.4, -0.2) is 53.8 Å². The Morgan fingerprint density at radius 1 is 1.07 bits per heavy atom. The van der Waals surface area contributed by atoms with Gasteiger partial charge < -0.3 is 15.1 Å². The fourth-order valence-electron chi connectivity index (χ4n) is 4.59. The van der Waals surface area contributed by atoms with Crippen molar-refractivity contribution in [2.75, 3.05) is 18.0 Å². The number of halogens is 2. The van der Waals surface area contributed by atoms with E-state index in [1.54, 1.807) is 0 Å². The summed E-state index contributed by atoms with van der Waals surface area (Å²) >= 11 is 0. The van der Waals surface area contributed by atoms with Crippen molar-refractivity contribution in [1.82, 2.24) is 15.5 Å². The van der Waals surface area contributed by atoms with E-state index in [2.05, 4.69) is 10.6 Å². The maximum absolute atomic E-state index is 14.8. The Labute approximate surface area is 153 Å². The number of nitrogens with one attached hydrogen (secondary N) is 2. The molecule has 1 aromatic carbocycles. The van der Waals surface area contributed by atoms with Crippen LogP contribution >= 0.6 is 0 Å². The summed E-state index contributed by atoms with van der Waals surface area (Å²) in [4.78, 5) is 39.1. The molecule has 0 radical (unpaired) electrons. The van der Waals surface area contributed by atoms with Crippen LogP contribution < -0.4 is 15.5 Å². The van der Waals surface area contributed by atoms with Gasteiger partial charge in [-0.15, -0.1) is 0 Å². The van der Waals surface area contributed by atoms with Gasteiger partial charge in [-0.3, -0.25) is 19.7 Å². The van der Waals surface area contributed by atoms with Crippen molar-refractivity contribution < 1.29 is 23.2 Å². The second-order valence-electron chi connectivity index (χ2n) is 7.66. The summed E-state index contributed by atoms with van der Waals surface area (Å²) < 4.78 is 29.5. The molecule has 5 heterocycles. The van der Waals surface area contributed by atoms with Gasteiger partial charge in [0.2, 0.25) is 11.8 Å². The molecule has 1 aromatic rings. The molecule has 3 amide bonds. The van der Waals surface area contributed by atoms with Crippen LogP contribution in [0.5, 0.6) is 0 Å². The van der Waals surface area contributed by atoms with Crippen LogP contribution in [0, 0.1) is 11.6 Å². The second kappa shape index (κ2) is 5.72. The SMILES string of the molecule is O=C1CCC(N2Cc3cc(N4CC5CC(C4)N5)c(F)c(F)c3C2=O)C(=O)N1. The number of imide groups is 1. The fraction of sp³-hybridized carbons (Fsp3) is 0.500. The smallest absolute Gasteiger partial charge is 0.258 e. The Hall–Kier alpha value is -2.55. The quantitative estimate of drug-likeness (QED) is 0.725. The lowest BCUT2D eigenvalue weighted by Gasteiger charge is -2.49. The van der Waals surface area contributed by atoms with Gasteiger partial charge in [-0.1, -0.05) is 0 Å². The lowest BCUT2D eigenvalue weighted by molar-refractivity contribution is -0.136. The number of carbonyl (C=O) groups excluding carboxylic acids is 3. The molecule has 9 heteroatoms. The van der Waals surface area contributed by atoms with Crippen LogP contribution in [0.1, 0.15) is 35.2 Å². The minimum atomic E-state index is -1.16. The van der Waals surface area contributed by atoms with Crippen molar-refractivity contribution in [2.45, 2.75) is 43.9 Å². The normalized spacial score (nSPS) is 29.6. The molecule has 142 valence electrons. The van der Waals surface area contributed by atoms with Gasteiger partial charge in [0.1, 0.15) is 6.04 Å². The molecule has 6 rings (SSSR count). The number of hydrogen-bond donors (Lipinski definition) is 2.